The Morgan fingerprint density at radius 1 is 1.24 bits per heavy atom. The maximum absolute atomic E-state index is 13.3. The van der Waals surface area contributed by atoms with Gasteiger partial charge in [-0.05, 0) is 55.2 Å². The van der Waals surface area contributed by atoms with Crippen LogP contribution in [0, 0.1) is 11.7 Å². The van der Waals surface area contributed by atoms with E-state index in [0.717, 1.165) is 24.3 Å². The average molecular weight is 236 g/mol. The van der Waals surface area contributed by atoms with E-state index < -0.39 is 5.82 Å². The first-order valence-electron chi connectivity index (χ1n) is 6.69. The van der Waals surface area contributed by atoms with Crippen molar-refractivity contribution in [1.29, 1.82) is 0 Å². The minimum absolute atomic E-state index is 0.242. The molecule has 1 fully saturated rings. The topological polar surface area (TPSA) is 20.2 Å². The first kappa shape index (κ1) is 12.4. The first-order valence-corrected chi connectivity index (χ1v) is 6.69. The van der Waals surface area contributed by atoms with Crippen molar-refractivity contribution in [3.63, 3.8) is 0 Å². The van der Waals surface area contributed by atoms with Gasteiger partial charge in [-0.25, -0.2) is 4.39 Å². The summed E-state index contributed by atoms with van der Waals surface area (Å²) >= 11 is 0. The standard InChI is InChI=1S/C15H21FO/c1-2-3-11-4-6-12(7-5-11)13-8-9-15(17)14(16)10-13/h8-12,17H,2-7H2,1H3/t11-,12-. The van der Waals surface area contributed by atoms with Crippen molar-refractivity contribution < 1.29 is 9.50 Å². The molecule has 1 nitrogen and oxygen atoms in total. The molecule has 0 spiro atoms. The third-order valence-corrected chi connectivity index (χ3v) is 3.99. The van der Waals surface area contributed by atoms with Gasteiger partial charge in [-0.2, -0.15) is 0 Å². The Hall–Kier alpha value is -1.05. The normalized spacial score (nSPS) is 24.8. The molecule has 0 heterocycles. The van der Waals surface area contributed by atoms with Gasteiger partial charge in [0.15, 0.2) is 11.6 Å². The Kier molecular flexibility index (Phi) is 4.03. The summed E-state index contributed by atoms with van der Waals surface area (Å²) in [5, 5.41) is 9.18. The Morgan fingerprint density at radius 2 is 1.94 bits per heavy atom. The zero-order valence-electron chi connectivity index (χ0n) is 10.5. The highest BCUT2D eigenvalue weighted by atomic mass is 19.1. The van der Waals surface area contributed by atoms with Gasteiger partial charge in [-0.3, -0.25) is 0 Å². The Bertz CT molecular complexity index is 367. The van der Waals surface area contributed by atoms with Crippen LogP contribution in [-0.4, -0.2) is 5.11 Å². The van der Waals surface area contributed by atoms with Crippen LogP contribution in [0.2, 0.25) is 0 Å². The number of hydrogen-bond donors (Lipinski definition) is 1. The van der Waals surface area contributed by atoms with Crippen LogP contribution < -0.4 is 0 Å². The summed E-state index contributed by atoms with van der Waals surface area (Å²) in [6.45, 7) is 2.24. The molecule has 0 atom stereocenters. The van der Waals surface area contributed by atoms with E-state index >= 15 is 0 Å². The highest BCUT2D eigenvalue weighted by Gasteiger charge is 2.22. The van der Waals surface area contributed by atoms with E-state index in [1.54, 1.807) is 0 Å². The van der Waals surface area contributed by atoms with Crippen LogP contribution in [0.25, 0.3) is 0 Å². The predicted octanol–water partition coefficient (Wildman–Crippen LogP) is 4.61. The van der Waals surface area contributed by atoms with Crippen molar-refractivity contribution in [2.24, 2.45) is 5.92 Å². The first-order chi connectivity index (χ1) is 8.20. The lowest BCUT2D eigenvalue weighted by Crippen LogP contribution is -2.13. The molecule has 0 unspecified atom stereocenters. The SMILES string of the molecule is CCC[C@H]1CC[C@H](c2ccc(O)c(F)c2)CC1. The van der Waals surface area contributed by atoms with Crippen LogP contribution in [-0.2, 0) is 0 Å². The lowest BCUT2D eigenvalue weighted by atomic mass is 9.77. The fourth-order valence-corrected chi connectivity index (χ4v) is 2.97. The molecular weight excluding hydrogens is 215 g/mol. The molecule has 17 heavy (non-hydrogen) atoms. The summed E-state index contributed by atoms with van der Waals surface area (Å²) in [5.74, 6) is 0.628. The summed E-state index contributed by atoms with van der Waals surface area (Å²) in [4.78, 5) is 0. The van der Waals surface area contributed by atoms with Gasteiger partial charge in [0.2, 0.25) is 0 Å². The minimum atomic E-state index is -0.488. The quantitative estimate of drug-likeness (QED) is 0.812. The van der Waals surface area contributed by atoms with Gasteiger partial charge in [0, 0.05) is 0 Å². The van der Waals surface area contributed by atoms with Crippen LogP contribution in [0.5, 0.6) is 5.75 Å². The fraction of sp³-hybridized carbons (Fsp3) is 0.600. The molecule has 0 amide bonds. The molecular formula is C15H21FO. The zero-order valence-corrected chi connectivity index (χ0v) is 10.5. The fourth-order valence-electron chi connectivity index (χ4n) is 2.97. The van der Waals surface area contributed by atoms with Gasteiger partial charge in [-0.15, -0.1) is 0 Å². The minimum Gasteiger partial charge on any atom is -0.505 e. The molecule has 94 valence electrons. The molecule has 2 rings (SSSR count). The molecule has 2 heteroatoms. The van der Waals surface area contributed by atoms with Crippen molar-refractivity contribution in [3.05, 3.63) is 29.6 Å². The molecule has 1 aromatic rings. The molecule has 0 aliphatic heterocycles. The Labute approximate surface area is 103 Å². The highest BCUT2D eigenvalue weighted by Crippen LogP contribution is 2.38. The average Bonchev–Trinajstić information content (AvgIpc) is 2.34. The smallest absolute Gasteiger partial charge is 0.165 e. The molecule has 1 N–H and O–H groups in total. The number of phenolic OH excluding ortho intramolecular Hbond substituents is 1. The molecule has 0 aromatic heterocycles. The largest absolute Gasteiger partial charge is 0.505 e. The molecule has 1 aliphatic rings. The zero-order chi connectivity index (χ0) is 12.3. The summed E-state index contributed by atoms with van der Waals surface area (Å²) in [7, 11) is 0. The number of halogens is 1. The maximum Gasteiger partial charge on any atom is 0.165 e. The van der Waals surface area contributed by atoms with Gasteiger partial charge in [0.1, 0.15) is 0 Å². The van der Waals surface area contributed by atoms with Crippen LogP contribution in [0.15, 0.2) is 18.2 Å². The summed E-state index contributed by atoms with van der Waals surface area (Å²) in [6, 6.07) is 4.84. The monoisotopic (exact) mass is 236 g/mol. The van der Waals surface area contributed by atoms with E-state index in [2.05, 4.69) is 6.92 Å². The second-order valence-electron chi connectivity index (χ2n) is 5.22. The number of benzene rings is 1. The van der Waals surface area contributed by atoms with Gasteiger partial charge >= 0.3 is 0 Å². The Balaban J connectivity index is 1.98. The third kappa shape index (κ3) is 2.99. The number of rotatable bonds is 3. The molecule has 1 saturated carbocycles. The third-order valence-electron chi connectivity index (χ3n) is 3.99. The molecule has 0 bridgehead atoms. The Morgan fingerprint density at radius 3 is 2.53 bits per heavy atom. The van der Waals surface area contributed by atoms with Crippen molar-refractivity contribution in [2.75, 3.05) is 0 Å². The van der Waals surface area contributed by atoms with Crippen molar-refractivity contribution in [1.82, 2.24) is 0 Å². The second-order valence-corrected chi connectivity index (χ2v) is 5.22. The number of aromatic hydroxyl groups is 1. The van der Waals surface area contributed by atoms with Crippen molar-refractivity contribution in [2.45, 2.75) is 51.4 Å². The van der Waals surface area contributed by atoms with E-state index in [0.29, 0.717) is 5.92 Å². The van der Waals surface area contributed by atoms with Crippen molar-refractivity contribution in [3.8, 4) is 5.75 Å². The van der Waals surface area contributed by atoms with Gasteiger partial charge < -0.3 is 5.11 Å². The van der Waals surface area contributed by atoms with Crippen LogP contribution in [0.3, 0.4) is 0 Å². The second kappa shape index (κ2) is 5.52. The molecule has 0 saturated heterocycles. The highest BCUT2D eigenvalue weighted by molar-refractivity contribution is 5.30. The lowest BCUT2D eigenvalue weighted by molar-refractivity contribution is 0.307. The maximum atomic E-state index is 13.3. The number of phenols is 1. The molecule has 1 aromatic carbocycles. The van der Waals surface area contributed by atoms with Gasteiger partial charge in [0.05, 0.1) is 0 Å². The predicted molar refractivity (Wildman–Crippen MR) is 67.7 cm³/mol. The van der Waals surface area contributed by atoms with E-state index in [4.69, 9.17) is 0 Å². The molecule has 1 aliphatic carbocycles. The van der Waals surface area contributed by atoms with Gasteiger partial charge in [0.25, 0.3) is 0 Å². The lowest BCUT2D eigenvalue weighted by Gasteiger charge is -2.28. The van der Waals surface area contributed by atoms with Crippen molar-refractivity contribution >= 4 is 0 Å². The molecule has 0 radical (unpaired) electrons. The van der Waals surface area contributed by atoms with E-state index in [-0.39, 0.29) is 5.75 Å². The van der Waals surface area contributed by atoms with E-state index in [1.807, 2.05) is 6.07 Å². The van der Waals surface area contributed by atoms with Crippen LogP contribution >= 0.6 is 0 Å². The van der Waals surface area contributed by atoms with E-state index in [1.165, 1.54) is 37.8 Å². The van der Waals surface area contributed by atoms with E-state index in [9.17, 15) is 9.50 Å². The summed E-state index contributed by atoms with van der Waals surface area (Å²) in [5.41, 5.74) is 1.05. The summed E-state index contributed by atoms with van der Waals surface area (Å²) in [6.07, 6.45) is 7.45. The van der Waals surface area contributed by atoms with Gasteiger partial charge in [-0.1, -0.05) is 25.8 Å². The summed E-state index contributed by atoms with van der Waals surface area (Å²) < 4.78 is 13.3. The number of hydrogen-bond acceptors (Lipinski definition) is 1. The van der Waals surface area contributed by atoms with Crippen LogP contribution in [0.1, 0.15) is 56.9 Å². The van der Waals surface area contributed by atoms with Crippen LogP contribution in [0.4, 0.5) is 4.39 Å².